The largest absolute Gasteiger partial charge is 0.483 e. The maximum absolute atomic E-state index is 13.1. The monoisotopic (exact) mass is 432 g/mol. The number of aromatic carboxylic acids is 1. The van der Waals surface area contributed by atoms with Crippen LogP contribution in [0.15, 0.2) is 48.8 Å². The molecule has 1 unspecified atom stereocenters. The molecule has 2 aromatic carbocycles. The van der Waals surface area contributed by atoms with Crippen molar-refractivity contribution in [2.24, 2.45) is 0 Å². The zero-order valence-electron chi connectivity index (χ0n) is 17.4. The molecule has 0 amide bonds. The molecule has 164 valence electrons. The van der Waals surface area contributed by atoms with Crippen molar-refractivity contribution in [1.82, 2.24) is 9.78 Å². The van der Waals surface area contributed by atoms with Crippen molar-refractivity contribution in [3.05, 3.63) is 76.6 Å². The molecule has 31 heavy (non-hydrogen) atoms. The Hall–Kier alpha value is -3.29. The van der Waals surface area contributed by atoms with E-state index in [4.69, 9.17) is 9.84 Å². The zero-order valence-corrected chi connectivity index (χ0v) is 17.4. The van der Waals surface area contributed by atoms with Crippen molar-refractivity contribution in [1.29, 1.82) is 0 Å². The Kier molecular flexibility index (Phi) is 6.38. The number of rotatable bonds is 7. The Labute approximate surface area is 178 Å². The highest BCUT2D eigenvalue weighted by Crippen LogP contribution is 2.35. The van der Waals surface area contributed by atoms with Gasteiger partial charge in [0, 0.05) is 6.20 Å². The topological polar surface area (TPSA) is 64.4 Å². The summed E-state index contributed by atoms with van der Waals surface area (Å²) in [5, 5.41) is 13.0. The van der Waals surface area contributed by atoms with Gasteiger partial charge in [0.25, 0.3) is 0 Å². The van der Waals surface area contributed by atoms with Gasteiger partial charge in [0.05, 0.1) is 17.3 Å². The number of aryl methyl sites for hydroxylation is 2. The molecule has 1 atom stereocenters. The summed E-state index contributed by atoms with van der Waals surface area (Å²) >= 11 is 0. The Bertz CT molecular complexity index is 1070. The fourth-order valence-corrected chi connectivity index (χ4v) is 3.45. The molecule has 3 rings (SSSR count). The molecule has 1 aromatic heterocycles. The molecule has 3 aromatic rings. The minimum absolute atomic E-state index is 0.169. The Balaban J connectivity index is 2.02. The van der Waals surface area contributed by atoms with Crippen molar-refractivity contribution in [3.63, 3.8) is 0 Å². The molecule has 0 saturated heterocycles. The molecule has 0 aliphatic heterocycles. The minimum atomic E-state index is -4.49. The average Bonchev–Trinajstić information content (AvgIpc) is 3.17. The van der Waals surface area contributed by atoms with Crippen molar-refractivity contribution in [3.8, 4) is 11.4 Å². The van der Waals surface area contributed by atoms with E-state index in [9.17, 15) is 18.0 Å². The van der Waals surface area contributed by atoms with E-state index in [0.717, 1.165) is 35.5 Å². The Morgan fingerprint density at radius 1 is 1.19 bits per heavy atom. The maximum Gasteiger partial charge on any atom is 0.419 e. The van der Waals surface area contributed by atoms with Gasteiger partial charge in [0.15, 0.2) is 0 Å². The standard InChI is InChI=1S/C23H23F3N2O3/c1-4-5-19(16-6-8-17(9-7-16)22(29)30)31-20-11-14(2)10-15(3)21(20)28-13-18(12-27-28)23(24,25)26/h6-13,19H,4-5H2,1-3H3,(H,29,30). The number of alkyl halides is 3. The molecule has 0 fully saturated rings. The fraction of sp³-hybridized carbons (Fsp3) is 0.304. The van der Waals surface area contributed by atoms with E-state index >= 15 is 0 Å². The number of ether oxygens (including phenoxy) is 1. The van der Waals surface area contributed by atoms with E-state index in [1.165, 1.54) is 16.8 Å². The van der Waals surface area contributed by atoms with Crippen LogP contribution in [-0.2, 0) is 6.18 Å². The number of halogens is 3. The second-order valence-electron chi connectivity index (χ2n) is 7.42. The van der Waals surface area contributed by atoms with Gasteiger partial charge >= 0.3 is 12.1 Å². The van der Waals surface area contributed by atoms with E-state index in [-0.39, 0.29) is 5.56 Å². The molecular formula is C23H23F3N2O3. The van der Waals surface area contributed by atoms with E-state index in [1.807, 2.05) is 19.9 Å². The molecule has 0 aliphatic rings. The molecule has 5 nitrogen and oxygen atoms in total. The first-order valence-corrected chi connectivity index (χ1v) is 9.83. The summed E-state index contributed by atoms with van der Waals surface area (Å²) in [7, 11) is 0. The lowest BCUT2D eigenvalue weighted by Crippen LogP contribution is -2.11. The van der Waals surface area contributed by atoms with E-state index < -0.39 is 23.8 Å². The van der Waals surface area contributed by atoms with Crippen LogP contribution >= 0.6 is 0 Å². The van der Waals surface area contributed by atoms with Crippen molar-refractivity contribution >= 4 is 5.97 Å². The number of nitrogens with zero attached hydrogens (tertiary/aromatic N) is 2. The third kappa shape index (κ3) is 5.07. The fourth-order valence-electron chi connectivity index (χ4n) is 3.45. The van der Waals surface area contributed by atoms with Crippen molar-refractivity contribution in [2.45, 2.75) is 45.9 Å². The van der Waals surface area contributed by atoms with Gasteiger partial charge < -0.3 is 9.84 Å². The van der Waals surface area contributed by atoms with Gasteiger partial charge in [-0.25, -0.2) is 9.48 Å². The summed E-state index contributed by atoms with van der Waals surface area (Å²) in [5.41, 5.74) is 2.17. The minimum Gasteiger partial charge on any atom is -0.483 e. The summed E-state index contributed by atoms with van der Waals surface area (Å²) in [6.07, 6.45) is -1.71. The first-order valence-electron chi connectivity index (χ1n) is 9.83. The van der Waals surface area contributed by atoms with Crippen LogP contribution in [0, 0.1) is 13.8 Å². The summed E-state index contributed by atoms with van der Waals surface area (Å²) < 4.78 is 46.7. The molecule has 0 spiro atoms. The lowest BCUT2D eigenvalue weighted by molar-refractivity contribution is -0.137. The molecule has 1 heterocycles. The molecule has 1 N–H and O–H groups in total. The number of carbonyl (C=O) groups is 1. The zero-order chi connectivity index (χ0) is 22.8. The van der Waals surface area contributed by atoms with Crippen molar-refractivity contribution in [2.75, 3.05) is 0 Å². The van der Waals surface area contributed by atoms with E-state index in [0.29, 0.717) is 17.9 Å². The number of carboxylic acids is 1. The van der Waals surface area contributed by atoms with Crippen molar-refractivity contribution < 1.29 is 27.8 Å². The number of hydrogen-bond donors (Lipinski definition) is 1. The van der Waals surface area contributed by atoms with E-state index in [2.05, 4.69) is 5.10 Å². The highest BCUT2D eigenvalue weighted by Gasteiger charge is 2.32. The lowest BCUT2D eigenvalue weighted by atomic mass is 10.0. The van der Waals surface area contributed by atoms with Gasteiger partial charge in [0.2, 0.25) is 0 Å². The molecule has 0 bridgehead atoms. The number of aromatic nitrogens is 2. The summed E-state index contributed by atoms with van der Waals surface area (Å²) in [4.78, 5) is 11.1. The predicted octanol–water partition coefficient (Wildman–Crippen LogP) is 6.13. The quantitative estimate of drug-likeness (QED) is 0.488. The number of carboxylic acid groups (broad SMARTS) is 1. The van der Waals surface area contributed by atoms with Gasteiger partial charge in [-0.05, 0) is 55.2 Å². The van der Waals surface area contributed by atoms with Crippen LogP contribution in [0.5, 0.6) is 5.75 Å². The third-order valence-corrected chi connectivity index (χ3v) is 4.90. The van der Waals surface area contributed by atoms with Crippen LogP contribution in [0.3, 0.4) is 0 Å². The summed E-state index contributed by atoms with van der Waals surface area (Å²) in [6, 6.07) is 10.0. The van der Waals surface area contributed by atoms with Gasteiger partial charge in [-0.15, -0.1) is 0 Å². The summed E-state index contributed by atoms with van der Waals surface area (Å²) in [6.45, 7) is 5.67. The Morgan fingerprint density at radius 3 is 2.42 bits per heavy atom. The van der Waals surface area contributed by atoms with Gasteiger partial charge in [-0.2, -0.15) is 18.3 Å². The average molecular weight is 432 g/mol. The molecule has 8 heteroatoms. The van der Waals surface area contributed by atoms with Gasteiger partial charge in [-0.1, -0.05) is 31.5 Å². The highest BCUT2D eigenvalue weighted by atomic mass is 19.4. The molecule has 0 radical (unpaired) electrons. The van der Waals surface area contributed by atoms with Gasteiger partial charge in [-0.3, -0.25) is 0 Å². The first kappa shape index (κ1) is 22.4. The molecule has 0 saturated carbocycles. The van der Waals surface area contributed by atoms with Crippen LogP contribution in [0.2, 0.25) is 0 Å². The smallest absolute Gasteiger partial charge is 0.419 e. The Morgan fingerprint density at radius 2 is 1.87 bits per heavy atom. The van der Waals surface area contributed by atoms with E-state index in [1.54, 1.807) is 25.1 Å². The van der Waals surface area contributed by atoms with Crippen LogP contribution in [0.1, 0.15) is 58.5 Å². The van der Waals surface area contributed by atoms with Crippen LogP contribution in [0.25, 0.3) is 5.69 Å². The highest BCUT2D eigenvalue weighted by molar-refractivity contribution is 5.87. The molecular weight excluding hydrogens is 409 g/mol. The van der Waals surface area contributed by atoms with Crippen LogP contribution in [-0.4, -0.2) is 20.9 Å². The summed E-state index contributed by atoms with van der Waals surface area (Å²) in [5.74, 6) is -0.606. The second-order valence-corrected chi connectivity index (χ2v) is 7.42. The first-order chi connectivity index (χ1) is 14.6. The maximum atomic E-state index is 13.1. The normalized spacial score (nSPS) is 12.6. The molecule has 0 aliphatic carbocycles. The van der Waals surface area contributed by atoms with Crippen LogP contribution < -0.4 is 4.74 Å². The number of benzene rings is 2. The second kappa shape index (κ2) is 8.83. The third-order valence-electron chi connectivity index (χ3n) is 4.90. The SMILES string of the molecule is CCCC(Oc1cc(C)cc(C)c1-n1cc(C(F)(F)F)cn1)c1ccc(C(=O)O)cc1. The van der Waals surface area contributed by atoms with Crippen LogP contribution in [0.4, 0.5) is 13.2 Å². The predicted molar refractivity (Wildman–Crippen MR) is 110 cm³/mol. The van der Waals surface area contributed by atoms with Gasteiger partial charge in [0.1, 0.15) is 17.5 Å². The lowest BCUT2D eigenvalue weighted by Gasteiger charge is -2.23. The number of hydrogen-bond acceptors (Lipinski definition) is 3.